The van der Waals surface area contributed by atoms with Crippen LogP contribution in [0.25, 0.3) is 0 Å². The third kappa shape index (κ3) is 2.86. The maximum Gasteiger partial charge on any atom is 0.312 e. The Morgan fingerprint density at radius 3 is 2.70 bits per heavy atom. The van der Waals surface area contributed by atoms with Gasteiger partial charge in [-0.3, -0.25) is 19.5 Å². The van der Waals surface area contributed by atoms with Crippen LogP contribution in [0, 0.1) is 10.1 Å². The third-order valence-electron chi connectivity index (χ3n) is 2.26. The van der Waals surface area contributed by atoms with Crippen molar-refractivity contribution in [3.63, 3.8) is 0 Å². The van der Waals surface area contributed by atoms with Crippen LogP contribution in [-0.2, 0) is 17.1 Å². The maximum atomic E-state index is 12.0. The van der Waals surface area contributed by atoms with Gasteiger partial charge in [-0.1, -0.05) is 11.6 Å². The summed E-state index contributed by atoms with van der Waals surface area (Å²) >= 11 is 5.62. The molecule has 20 heavy (non-hydrogen) atoms. The molecule has 2 aromatic rings. The number of hydrogen-bond donors (Lipinski definition) is 1. The molecule has 0 bridgehead atoms. The summed E-state index contributed by atoms with van der Waals surface area (Å²) in [6.07, 6.45) is 2.36. The Kier molecular flexibility index (Phi) is 3.59. The number of pyridine rings is 1. The predicted molar refractivity (Wildman–Crippen MR) is 69.9 cm³/mol. The lowest BCUT2D eigenvalue weighted by atomic mass is 10.4. The fraction of sp³-hybridized carbons (Fsp3) is 0.111. The predicted octanol–water partition coefficient (Wildman–Crippen LogP) is 1.18. The van der Waals surface area contributed by atoms with Crippen molar-refractivity contribution in [1.82, 2.24) is 14.8 Å². The van der Waals surface area contributed by atoms with Gasteiger partial charge in [-0.05, 0) is 6.07 Å². The van der Waals surface area contributed by atoms with Crippen molar-refractivity contribution in [2.45, 2.75) is 4.90 Å². The fourth-order valence-corrected chi connectivity index (χ4v) is 2.52. The maximum absolute atomic E-state index is 12.0. The molecule has 0 aliphatic rings. The molecule has 0 saturated heterocycles. The molecule has 2 rings (SSSR count). The summed E-state index contributed by atoms with van der Waals surface area (Å²) in [5, 5.41) is 14.5. The van der Waals surface area contributed by atoms with Crippen molar-refractivity contribution in [2.24, 2.45) is 7.05 Å². The van der Waals surface area contributed by atoms with Crippen LogP contribution in [0.3, 0.4) is 0 Å². The molecule has 0 radical (unpaired) electrons. The first kappa shape index (κ1) is 14.2. The van der Waals surface area contributed by atoms with Gasteiger partial charge in [0.1, 0.15) is 10.0 Å². The fourth-order valence-electron chi connectivity index (χ4n) is 1.37. The highest BCUT2D eigenvalue weighted by molar-refractivity contribution is 7.92. The zero-order valence-electron chi connectivity index (χ0n) is 10.0. The number of rotatable bonds is 4. The van der Waals surface area contributed by atoms with E-state index in [4.69, 9.17) is 11.6 Å². The average molecular weight is 318 g/mol. The highest BCUT2D eigenvalue weighted by Gasteiger charge is 2.23. The lowest BCUT2D eigenvalue weighted by Gasteiger charge is -2.06. The number of nitrogens with zero attached hydrogens (tertiary/aromatic N) is 4. The van der Waals surface area contributed by atoms with Gasteiger partial charge in [-0.15, -0.1) is 0 Å². The molecular weight excluding hydrogens is 310 g/mol. The van der Waals surface area contributed by atoms with Crippen LogP contribution >= 0.6 is 11.6 Å². The van der Waals surface area contributed by atoms with Crippen molar-refractivity contribution < 1.29 is 13.3 Å². The van der Waals surface area contributed by atoms with Gasteiger partial charge < -0.3 is 0 Å². The van der Waals surface area contributed by atoms with Crippen molar-refractivity contribution in [3.8, 4) is 0 Å². The Hall–Kier alpha value is -2.20. The summed E-state index contributed by atoms with van der Waals surface area (Å²) in [5.74, 6) is -0.452. The lowest BCUT2D eigenvalue weighted by Crippen LogP contribution is -2.14. The monoisotopic (exact) mass is 317 g/mol. The van der Waals surface area contributed by atoms with Gasteiger partial charge >= 0.3 is 5.69 Å². The molecule has 2 heterocycles. The van der Waals surface area contributed by atoms with Crippen LogP contribution in [-0.4, -0.2) is 28.1 Å². The molecule has 0 saturated carbocycles. The Morgan fingerprint density at radius 1 is 1.45 bits per heavy atom. The third-order valence-corrected chi connectivity index (χ3v) is 3.76. The smallest absolute Gasteiger partial charge is 0.274 e. The van der Waals surface area contributed by atoms with Crippen LogP contribution in [0.4, 0.5) is 11.5 Å². The van der Waals surface area contributed by atoms with Crippen LogP contribution in [0.5, 0.6) is 0 Å². The van der Waals surface area contributed by atoms with E-state index in [-0.39, 0.29) is 10.0 Å². The summed E-state index contributed by atoms with van der Waals surface area (Å²) in [6.45, 7) is 0. The Labute approximate surface area is 118 Å². The first-order valence-electron chi connectivity index (χ1n) is 5.12. The topological polar surface area (TPSA) is 120 Å². The Morgan fingerprint density at radius 2 is 2.15 bits per heavy atom. The van der Waals surface area contributed by atoms with E-state index in [1.165, 1.54) is 16.9 Å². The van der Waals surface area contributed by atoms with E-state index in [1.54, 1.807) is 7.05 Å². The quantitative estimate of drug-likeness (QED) is 0.513. The molecule has 11 heteroatoms. The zero-order chi connectivity index (χ0) is 14.9. The Bertz CT molecular complexity index is 772. The van der Waals surface area contributed by atoms with E-state index >= 15 is 0 Å². The number of nitrogens with one attached hydrogen (secondary N) is 1. The van der Waals surface area contributed by atoms with E-state index in [0.29, 0.717) is 0 Å². The van der Waals surface area contributed by atoms with Crippen molar-refractivity contribution >= 4 is 33.1 Å². The standard InChI is InChI=1S/C9H8ClN5O4S/c1-14-5-6(4-11-14)20(18,19)13-9-7(15(16)17)2-3-8(10)12-9/h2-5H,1H3,(H,12,13). The first-order chi connectivity index (χ1) is 9.29. The highest BCUT2D eigenvalue weighted by Crippen LogP contribution is 2.26. The zero-order valence-corrected chi connectivity index (χ0v) is 11.6. The molecule has 2 aromatic heterocycles. The van der Waals surface area contributed by atoms with Gasteiger partial charge in [0, 0.05) is 19.3 Å². The van der Waals surface area contributed by atoms with E-state index in [0.717, 1.165) is 12.3 Å². The van der Waals surface area contributed by atoms with Gasteiger partial charge in [0.05, 0.1) is 11.1 Å². The molecule has 0 amide bonds. The number of anilines is 1. The molecular formula is C9H8ClN5O4S. The van der Waals surface area contributed by atoms with Crippen molar-refractivity contribution in [1.29, 1.82) is 0 Å². The summed E-state index contributed by atoms with van der Waals surface area (Å²) < 4.78 is 27.4. The largest absolute Gasteiger partial charge is 0.312 e. The van der Waals surface area contributed by atoms with Gasteiger partial charge in [0.25, 0.3) is 10.0 Å². The molecule has 9 nitrogen and oxygen atoms in total. The number of aryl methyl sites for hydroxylation is 1. The molecule has 0 aliphatic heterocycles. The van der Waals surface area contributed by atoms with Crippen molar-refractivity contribution in [2.75, 3.05) is 4.72 Å². The van der Waals surface area contributed by atoms with E-state index in [2.05, 4.69) is 10.1 Å². The van der Waals surface area contributed by atoms with Crippen LogP contribution in [0.2, 0.25) is 5.15 Å². The number of aromatic nitrogens is 3. The molecule has 0 unspecified atom stereocenters. The average Bonchev–Trinajstić information content (AvgIpc) is 2.75. The minimum atomic E-state index is -4.02. The van der Waals surface area contributed by atoms with Crippen molar-refractivity contribution in [3.05, 3.63) is 39.8 Å². The highest BCUT2D eigenvalue weighted by atomic mass is 35.5. The van der Waals surface area contributed by atoms with E-state index < -0.39 is 26.5 Å². The van der Waals surface area contributed by atoms with Gasteiger partial charge in [-0.25, -0.2) is 13.4 Å². The molecule has 106 valence electrons. The Balaban J connectivity index is 2.44. The SMILES string of the molecule is Cn1cc(S(=O)(=O)Nc2nc(Cl)ccc2[N+](=O)[O-])cn1. The molecule has 0 spiro atoms. The second kappa shape index (κ2) is 5.06. The van der Waals surface area contributed by atoms with Crippen LogP contribution in [0.1, 0.15) is 0 Å². The number of nitro groups is 1. The molecule has 0 atom stereocenters. The second-order valence-corrected chi connectivity index (χ2v) is 5.78. The van der Waals surface area contributed by atoms with E-state index in [9.17, 15) is 18.5 Å². The summed E-state index contributed by atoms with van der Waals surface area (Å²) in [7, 11) is -2.48. The lowest BCUT2D eigenvalue weighted by molar-refractivity contribution is -0.384. The second-order valence-electron chi connectivity index (χ2n) is 3.71. The number of hydrogen-bond acceptors (Lipinski definition) is 6. The minimum Gasteiger partial charge on any atom is -0.274 e. The summed E-state index contributed by atoms with van der Waals surface area (Å²) in [6, 6.07) is 2.26. The molecule has 0 aliphatic carbocycles. The number of halogens is 1. The van der Waals surface area contributed by atoms with E-state index in [1.807, 2.05) is 4.72 Å². The molecule has 0 fully saturated rings. The van der Waals surface area contributed by atoms with Gasteiger partial charge in [-0.2, -0.15) is 5.10 Å². The van der Waals surface area contributed by atoms with Crippen LogP contribution in [0.15, 0.2) is 29.4 Å². The van der Waals surface area contributed by atoms with Crippen LogP contribution < -0.4 is 4.72 Å². The summed E-state index contributed by atoms with van der Waals surface area (Å²) in [4.78, 5) is 13.5. The normalized spacial score (nSPS) is 11.3. The molecule has 1 N–H and O–H groups in total. The van der Waals surface area contributed by atoms with Gasteiger partial charge in [0.2, 0.25) is 5.82 Å². The number of sulfonamides is 1. The first-order valence-corrected chi connectivity index (χ1v) is 6.98. The summed E-state index contributed by atoms with van der Waals surface area (Å²) in [5.41, 5.74) is -0.498. The minimum absolute atomic E-state index is 0.0699. The van der Waals surface area contributed by atoms with Gasteiger partial charge in [0.15, 0.2) is 0 Å². The molecule has 0 aromatic carbocycles.